The van der Waals surface area contributed by atoms with Gasteiger partial charge in [-0.2, -0.15) is 0 Å². The maximum absolute atomic E-state index is 12.1. The highest BCUT2D eigenvalue weighted by atomic mass is 16.5. The van der Waals surface area contributed by atoms with Gasteiger partial charge in [-0.1, -0.05) is 12.1 Å². The fourth-order valence-electron chi connectivity index (χ4n) is 3.19. The summed E-state index contributed by atoms with van der Waals surface area (Å²) in [4.78, 5) is 14.4. The molecule has 1 heterocycles. The van der Waals surface area contributed by atoms with Gasteiger partial charge in [0.2, 0.25) is 0 Å². The first-order valence-electron chi connectivity index (χ1n) is 8.93. The summed E-state index contributed by atoms with van der Waals surface area (Å²) in [5, 5.41) is 0. The van der Waals surface area contributed by atoms with Crippen molar-refractivity contribution in [2.24, 2.45) is 0 Å². The number of ether oxygens (including phenoxy) is 3. The monoisotopic (exact) mass is 355 g/mol. The van der Waals surface area contributed by atoms with E-state index < -0.39 is 0 Å². The van der Waals surface area contributed by atoms with Crippen molar-refractivity contribution in [2.45, 2.75) is 26.4 Å². The average Bonchev–Trinajstić information content (AvgIpc) is 2.81. The molecule has 0 spiro atoms. The van der Waals surface area contributed by atoms with Gasteiger partial charge in [0.15, 0.2) is 0 Å². The van der Waals surface area contributed by atoms with E-state index in [2.05, 4.69) is 24.0 Å². The van der Waals surface area contributed by atoms with E-state index in [1.807, 2.05) is 31.2 Å². The second kappa shape index (κ2) is 8.23. The second-order valence-electron chi connectivity index (χ2n) is 6.32. The van der Waals surface area contributed by atoms with Gasteiger partial charge in [0, 0.05) is 24.7 Å². The van der Waals surface area contributed by atoms with Gasteiger partial charge in [-0.3, -0.25) is 4.90 Å². The number of nitrogens with zero attached hydrogens (tertiary/aromatic N) is 1. The van der Waals surface area contributed by atoms with Crippen molar-refractivity contribution < 1.29 is 19.0 Å². The number of carbonyl (C=O) groups is 1. The third-order valence-corrected chi connectivity index (χ3v) is 4.70. The van der Waals surface area contributed by atoms with Gasteiger partial charge in [0.1, 0.15) is 18.1 Å². The fourth-order valence-corrected chi connectivity index (χ4v) is 3.19. The number of hydrogen-bond acceptors (Lipinski definition) is 5. The Labute approximate surface area is 154 Å². The van der Waals surface area contributed by atoms with Crippen LogP contribution >= 0.6 is 0 Å². The van der Waals surface area contributed by atoms with Crippen LogP contribution in [0.4, 0.5) is 0 Å². The van der Waals surface area contributed by atoms with Gasteiger partial charge in [-0.05, 0) is 49.7 Å². The predicted octanol–water partition coefficient (Wildman–Crippen LogP) is 3.83. The first-order chi connectivity index (χ1) is 12.6. The molecule has 138 valence electrons. The number of benzene rings is 2. The molecule has 2 aromatic carbocycles. The van der Waals surface area contributed by atoms with E-state index in [1.165, 1.54) is 5.56 Å². The van der Waals surface area contributed by atoms with Gasteiger partial charge < -0.3 is 14.2 Å². The Balaban J connectivity index is 1.82. The first kappa shape index (κ1) is 18.3. The van der Waals surface area contributed by atoms with Crippen LogP contribution in [0.1, 0.15) is 41.4 Å². The van der Waals surface area contributed by atoms with Gasteiger partial charge in [-0.25, -0.2) is 4.79 Å². The van der Waals surface area contributed by atoms with Crippen LogP contribution in [0.5, 0.6) is 11.5 Å². The van der Waals surface area contributed by atoms with E-state index in [0.29, 0.717) is 18.8 Å². The van der Waals surface area contributed by atoms with E-state index in [0.717, 1.165) is 30.2 Å². The highest BCUT2D eigenvalue weighted by Crippen LogP contribution is 2.33. The maximum atomic E-state index is 12.1. The molecule has 2 aromatic rings. The van der Waals surface area contributed by atoms with Gasteiger partial charge in [0.25, 0.3) is 0 Å². The molecule has 5 heteroatoms. The van der Waals surface area contributed by atoms with E-state index in [4.69, 9.17) is 14.2 Å². The predicted molar refractivity (Wildman–Crippen MR) is 99.7 cm³/mol. The minimum absolute atomic E-state index is 0.129. The molecule has 0 unspecified atom stereocenters. The second-order valence-corrected chi connectivity index (χ2v) is 6.32. The van der Waals surface area contributed by atoms with Gasteiger partial charge in [0.05, 0.1) is 19.3 Å². The Morgan fingerprint density at radius 1 is 1.23 bits per heavy atom. The Morgan fingerprint density at radius 3 is 2.69 bits per heavy atom. The molecule has 3 rings (SSSR count). The molecule has 0 radical (unpaired) electrons. The number of carbonyl (C=O) groups excluding carboxylic acids is 1. The van der Waals surface area contributed by atoms with Crippen LogP contribution in [0.25, 0.3) is 0 Å². The summed E-state index contributed by atoms with van der Waals surface area (Å²) in [6.07, 6.45) is 0. The lowest BCUT2D eigenvalue weighted by Crippen LogP contribution is -2.28. The molecular formula is C21H25NO4. The summed E-state index contributed by atoms with van der Waals surface area (Å²) in [5.74, 6) is 1.39. The van der Waals surface area contributed by atoms with Crippen LogP contribution in [0.3, 0.4) is 0 Å². The number of esters is 1. The van der Waals surface area contributed by atoms with Crippen molar-refractivity contribution in [1.29, 1.82) is 0 Å². The van der Waals surface area contributed by atoms with Crippen molar-refractivity contribution in [3.05, 3.63) is 59.2 Å². The summed E-state index contributed by atoms with van der Waals surface area (Å²) in [6.45, 7) is 6.56. The molecule has 0 fully saturated rings. The summed E-state index contributed by atoms with van der Waals surface area (Å²) in [6, 6.07) is 13.8. The fraction of sp³-hybridized carbons (Fsp3) is 0.381. The smallest absolute Gasteiger partial charge is 0.338 e. The average molecular weight is 355 g/mol. The molecule has 0 aliphatic carbocycles. The number of rotatable bonds is 5. The standard InChI is InChI=1S/C21H25NO4/c1-4-25-21(23)17-7-10-20-19(13-17)15(2)22(11-12-26-20)14-16-5-8-18(24-3)9-6-16/h5-10,13,15H,4,11-12,14H2,1-3H3/t15-/m0/s1. The van der Waals surface area contributed by atoms with E-state index >= 15 is 0 Å². The van der Waals surface area contributed by atoms with E-state index in [-0.39, 0.29) is 12.0 Å². The van der Waals surface area contributed by atoms with Crippen molar-refractivity contribution in [3.8, 4) is 11.5 Å². The zero-order chi connectivity index (χ0) is 18.5. The molecule has 1 atom stereocenters. The molecule has 5 nitrogen and oxygen atoms in total. The van der Waals surface area contributed by atoms with Crippen molar-refractivity contribution in [1.82, 2.24) is 4.90 Å². The van der Waals surface area contributed by atoms with Crippen molar-refractivity contribution in [3.63, 3.8) is 0 Å². The van der Waals surface area contributed by atoms with Gasteiger partial charge in [-0.15, -0.1) is 0 Å². The maximum Gasteiger partial charge on any atom is 0.338 e. The third-order valence-electron chi connectivity index (χ3n) is 4.70. The molecule has 0 saturated carbocycles. The van der Waals surface area contributed by atoms with Crippen molar-refractivity contribution >= 4 is 5.97 Å². The quantitative estimate of drug-likeness (QED) is 0.763. The largest absolute Gasteiger partial charge is 0.497 e. The molecule has 26 heavy (non-hydrogen) atoms. The van der Waals surface area contributed by atoms with Crippen LogP contribution in [-0.4, -0.2) is 37.7 Å². The summed E-state index contributed by atoms with van der Waals surface area (Å²) < 4.78 is 16.3. The normalized spacial score (nSPS) is 17.0. The Hall–Kier alpha value is -2.53. The SMILES string of the molecule is CCOC(=O)c1ccc2c(c1)[C@H](C)N(Cc1ccc(OC)cc1)CCO2. The van der Waals surface area contributed by atoms with E-state index in [9.17, 15) is 4.79 Å². The highest BCUT2D eigenvalue weighted by molar-refractivity contribution is 5.90. The van der Waals surface area contributed by atoms with E-state index in [1.54, 1.807) is 13.2 Å². The molecule has 0 N–H and O–H groups in total. The van der Waals surface area contributed by atoms with Crippen LogP contribution in [0.2, 0.25) is 0 Å². The van der Waals surface area contributed by atoms with Crippen LogP contribution < -0.4 is 9.47 Å². The molecular weight excluding hydrogens is 330 g/mol. The Bertz CT molecular complexity index is 757. The minimum Gasteiger partial charge on any atom is -0.497 e. The van der Waals surface area contributed by atoms with Crippen LogP contribution in [0, 0.1) is 0 Å². The zero-order valence-corrected chi connectivity index (χ0v) is 15.5. The lowest BCUT2D eigenvalue weighted by atomic mass is 10.0. The molecule has 0 bridgehead atoms. The molecule has 0 amide bonds. The summed E-state index contributed by atoms with van der Waals surface area (Å²) >= 11 is 0. The summed E-state index contributed by atoms with van der Waals surface area (Å²) in [7, 11) is 1.67. The van der Waals surface area contributed by atoms with Crippen LogP contribution in [-0.2, 0) is 11.3 Å². The van der Waals surface area contributed by atoms with Crippen molar-refractivity contribution in [2.75, 3.05) is 26.9 Å². The number of fused-ring (bicyclic) bond motifs is 1. The Kier molecular flexibility index (Phi) is 5.78. The minimum atomic E-state index is -0.298. The first-order valence-corrected chi connectivity index (χ1v) is 8.93. The topological polar surface area (TPSA) is 48.0 Å². The lowest BCUT2D eigenvalue weighted by molar-refractivity contribution is 0.0526. The summed E-state index contributed by atoms with van der Waals surface area (Å²) in [5.41, 5.74) is 2.79. The zero-order valence-electron chi connectivity index (χ0n) is 15.5. The molecule has 1 aliphatic rings. The molecule has 0 saturated heterocycles. The molecule has 0 aromatic heterocycles. The Morgan fingerprint density at radius 2 is 2.00 bits per heavy atom. The highest BCUT2D eigenvalue weighted by Gasteiger charge is 2.24. The van der Waals surface area contributed by atoms with Gasteiger partial charge >= 0.3 is 5.97 Å². The molecule has 1 aliphatic heterocycles. The third kappa shape index (κ3) is 3.99. The number of methoxy groups -OCH3 is 1. The number of hydrogen-bond donors (Lipinski definition) is 0. The van der Waals surface area contributed by atoms with Crippen LogP contribution in [0.15, 0.2) is 42.5 Å². The lowest BCUT2D eigenvalue weighted by Gasteiger charge is -2.27.